The van der Waals surface area contributed by atoms with Crippen LogP contribution in [-0.4, -0.2) is 49.2 Å². The number of hydrogen-bond donors (Lipinski definition) is 0. The summed E-state index contributed by atoms with van der Waals surface area (Å²) in [5, 5.41) is 0. The summed E-state index contributed by atoms with van der Waals surface area (Å²) < 4.78 is 55.5. The second-order valence-corrected chi connectivity index (χ2v) is 8.00. The number of nitrogens with zero attached hydrogens (tertiary/aromatic N) is 2. The zero-order valence-corrected chi connectivity index (χ0v) is 15.1. The van der Waals surface area contributed by atoms with E-state index >= 15 is 0 Å². The molecule has 9 heteroatoms. The fraction of sp³-hybridized carbons (Fsp3) is 0.333. The third-order valence-corrected chi connectivity index (χ3v) is 5.71. The molecule has 1 aromatic heterocycles. The van der Waals surface area contributed by atoms with E-state index in [0.717, 1.165) is 12.5 Å². The van der Waals surface area contributed by atoms with Gasteiger partial charge in [-0.05, 0) is 37.1 Å². The summed E-state index contributed by atoms with van der Waals surface area (Å²) in [5.41, 5.74) is -0.248. The van der Waals surface area contributed by atoms with E-state index in [2.05, 4.69) is 4.98 Å². The molecule has 1 amide bonds. The number of carbonyl (C=O) groups excluding carboxylic acids is 1. The van der Waals surface area contributed by atoms with Crippen LogP contribution in [0.1, 0.15) is 23.2 Å². The molecular weight excluding hydrogens is 378 g/mol. The van der Waals surface area contributed by atoms with Crippen molar-refractivity contribution in [1.82, 2.24) is 9.88 Å². The van der Waals surface area contributed by atoms with E-state index in [1.807, 2.05) is 0 Å². The zero-order chi connectivity index (χ0) is 19.4. The van der Waals surface area contributed by atoms with Gasteiger partial charge in [-0.15, -0.1) is 0 Å². The van der Waals surface area contributed by atoms with E-state index in [1.54, 1.807) is 24.5 Å². The first kappa shape index (κ1) is 19.2. The number of benzene rings is 1. The maximum Gasteiger partial charge on any atom is 0.341 e. The maximum atomic E-state index is 13.0. The molecule has 0 spiro atoms. The monoisotopic (exact) mass is 396 g/mol. The predicted octanol–water partition coefficient (Wildman–Crippen LogP) is 2.76. The topological polar surface area (TPSA) is 76.6 Å². The van der Waals surface area contributed by atoms with Gasteiger partial charge in [-0.2, -0.15) is 8.78 Å². The highest BCUT2D eigenvalue weighted by Gasteiger charge is 2.33. The third kappa shape index (κ3) is 4.24. The van der Waals surface area contributed by atoms with E-state index in [4.69, 9.17) is 4.74 Å². The Morgan fingerprint density at radius 2 is 1.89 bits per heavy atom. The minimum atomic E-state index is -4.87. The van der Waals surface area contributed by atoms with Gasteiger partial charge in [-0.1, -0.05) is 12.1 Å². The zero-order valence-electron chi connectivity index (χ0n) is 14.3. The van der Waals surface area contributed by atoms with E-state index in [9.17, 15) is 22.0 Å². The number of amides is 1. The molecule has 1 atom stereocenters. The van der Waals surface area contributed by atoms with Crippen molar-refractivity contribution in [2.75, 3.05) is 13.1 Å². The van der Waals surface area contributed by atoms with Crippen LogP contribution in [-0.2, 0) is 9.84 Å². The van der Waals surface area contributed by atoms with Crippen LogP contribution in [0.2, 0.25) is 0 Å². The van der Waals surface area contributed by atoms with Crippen molar-refractivity contribution >= 4 is 15.7 Å². The molecule has 2 heterocycles. The van der Waals surface area contributed by atoms with Crippen molar-refractivity contribution in [2.45, 2.75) is 29.6 Å². The van der Waals surface area contributed by atoms with Gasteiger partial charge in [0.1, 0.15) is 11.9 Å². The minimum absolute atomic E-state index is 0.240. The highest BCUT2D eigenvalue weighted by atomic mass is 32.2. The van der Waals surface area contributed by atoms with Crippen molar-refractivity contribution in [3.05, 3.63) is 54.4 Å². The summed E-state index contributed by atoms with van der Waals surface area (Å²) in [7, 11) is -4.87. The molecule has 27 heavy (non-hydrogen) atoms. The average molecular weight is 396 g/mol. The molecule has 1 aliphatic heterocycles. The van der Waals surface area contributed by atoms with Gasteiger partial charge < -0.3 is 9.64 Å². The third-order valence-electron chi connectivity index (χ3n) is 4.28. The second kappa shape index (κ2) is 7.99. The fourth-order valence-corrected chi connectivity index (χ4v) is 3.91. The van der Waals surface area contributed by atoms with Crippen molar-refractivity contribution in [3.8, 4) is 5.75 Å². The molecule has 144 valence electrons. The lowest BCUT2D eigenvalue weighted by Gasteiger charge is -2.33. The first-order chi connectivity index (χ1) is 12.9. The number of likely N-dealkylation sites (tertiary alicyclic amines) is 1. The van der Waals surface area contributed by atoms with Crippen LogP contribution in [0.15, 0.2) is 53.7 Å². The molecular formula is C18H18F2N2O4S. The number of piperidine rings is 1. The van der Waals surface area contributed by atoms with Crippen LogP contribution in [0.5, 0.6) is 5.75 Å². The fourth-order valence-electron chi connectivity index (χ4n) is 2.99. The Hall–Kier alpha value is -2.55. The summed E-state index contributed by atoms with van der Waals surface area (Å²) in [6, 6.07) is 8.45. The number of rotatable bonds is 5. The normalized spacial score (nSPS) is 17.7. The number of sulfone groups is 1. The minimum Gasteiger partial charge on any atom is -0.488 e. The van der Waals surface area contributed by atoms with Gasteiger partial charge in [-0.3, -0.25) is 9.78 Å². The summed E-state index contributed by atoms with van der Waals surface area (Å²) in [4.78, 5) is 17.5. The van der Waals surface area contributed by atoms with Gasteiger partial charge in [-0.25, -0.2) is 8.42 Å². The lowest BCUT2D eigenvalue weighted by atomic mass is 10.1. The highest BCUT2D eigenvalue weighted by Crippen LogP contribution is 2.25. The van der Waals surface area contributed by atoms with Crippen LogP contribution >= 0.6 is 0 Å². The molecule has 1 aliphatic rings. The summed E-state index contributed by atoms with van der Waals surface area (Å²) >= 11 is 0. The SMILES string of the molecule is O=C(c1ccccc1S(=O)(=O)C(F)F)N1CCCC(Oc2ccncc2)C1. The second-order valence-electron chi connectivity index (χ2n) is 6.12. The molecule has 0 radical (unpaired) electrons. The Kier molecular flexibility index (Phi) is 5.69. The Morgan fingerprint density at radius 1 is 1.19 bits per heavy atom. The molecule has 1 fully saturated rings. The molecule has 1 unspecified atom stereocenters. The van der Waals surface area contributed by atoms with E-state index in [1.165, 1.54) is 23.1 Å². The highest BCUT2D eigenvalue weighted by molar-refractivity contribution is 7.91. The van der Waals surface area contributed by atoms with Gasteiger partial charge in [0.2, 0.25) is 9.84 Å². The number of ether oxygens (including phenoxy) is 1. The maximum absolute atomic E-state index is 13.0. The lowest BCUT2D eigenvalue weighted by Crippen LogP contribution is -2.44. The van der Waals surface area contributed by atoms with E-state index < -0.39 is 26.4 Å². The van der Waals surface area contributed by atoms with Crippen molar-refractivity contribution in [1.29, 1.82) is 0 Å². The van der Waals surface area contributed by atoms with Crippen LogP contribution in [0.3, 0.4) is 0 Å². The van der Waals surface area contributed by atoms with Gasteiger partial charge in [0.25, 0.3) is 5.91 Å². The van der Waals surface area contributed by atoms with Crippen LogP contribution < -0.4 is 4.74 Å². The standard InChI is InChI=1S/C18H18F2N2O4S/c19-18(20)27(24,25)16-6-2-1-5-15(16)17(23)22-11-3-4-14(12-22)26-13-7-9-21-10-8-13/h1-2,5-10,14,18H,3-4,11-12H2. The number of aromatic nitrogens is 1. The Morgan fingerprint density at radius 3 is 2.59 bits per heavy atom. The summed E-state index contributed by atoms with van der Waals surface area (Å²) in [5.74, 6) is -3.57. The van der Waals surface area contributed by atoms with Crippen molar-refractivity contribution in [2.24, 2.45) is 0 Å². The molecule has 6 nitrogen and oxygen atoms in total. The van der Waals surface area contributed by atoms with Crippen LogP contribution in [0.4, 0.5) is 8.78 Å². The summed E-state index contributed by atoms with van der Waals surface area (Å²) in [6.45, 7) is 0.641. The number of carbonyl (C=O) groups is 1. The Balaban J connectivity index is 1.80. The lowest BCUT2D eigenvalue weighted by molar-refractivity contribution is 0.0534. The van der Waals surface area contributed by atoms with Gasteiger partial charge >= 0.3 is 5.76 Å². The number of hydrogen-bond acceptors (Lipinski definition) is 5. The predicted molar refractivity (Wildman–Crippen MR) is 93.4 cm³/mol. The van der Waals surface area contributed by atoms with E-state index in [0.29, 0.717) is 18.7 Å². The number of pyridine rings is 1. The molecule has 1 saturated heterocycles. The first-order valence-electron chi connectivity index (χ1n) is 8.36. The molecule has 0 aliphatic carbocycles. The average Bonchev–Trinajstić information content (AvgIpc) is 2.68. The quantitative estimate of drug-likeness (QED) is 0.777. The Bertz CT molecular complexity index is 907. The smallest absolute Gasteiger partial charge is 0.341 e. The van der Waals surface area contributed by atoms with Gasteiger partial charge in [0, 0.05) is 18.9 Å². The molecule has 3 rings (SSSR count). The molecule has 0 saturated carbocycles. The molecule has 0 bridgehead atoms. The van der Waals surface area contributed by atoms with Crippen LogP contribution in [0.25, 0.3) is 0 Å². The first-order valence-corrected chi connectivity index (χ1v) is 9.91. The van der Waals surface area contributed by atoms with Crippen molar-refractivity contribution < 1.29 is 26.7 Å². The molecule has 0 N–H and O–H groups in total. The summed E-state index contributed by atoms with van der Waals surface area (Å²) in [6.07, 6.45) is 4.29. The van der Waals surface area contributed by atoms with Crippen molar-refractivity contribution in [3.63, 3.8) is 0 Å². The van der Waals surface area contributed by atoms with Gasteiger partial charge in [0.05, 0.1) is 17.0 Å². The Labute approximate surface area is 155 Å². The largest absolute Gasteiger partial charge is 0.488 e. The van der Waals surface area contributed by atoms with E-state index in [-0.39, 0.29) is 18.2 Å². The number of alkyl halides is 2. The van der Waals surface area contributed by atoms with Crippen LogP contribution in [0, 0.1) is 0 Å². The number of halogens is 2. The molecule has 1 aromatic carbocycles. The van der Waals surface area contributed by atoms with Gasteiger partial charge in [0.15, 0.2) is 0 Å². The molecule has 2 aromatic rings.